The zero-order valence-corrected chi connectivity index (χ0v) is 8.12. The summed E-state index contributed by atoms with van der Waals surface area (Å²) in [5.41, 5.74) is 3.20. The number of benzene rings is 1. The van der Waals surface area contributed by atoms with E-state index in [1.54, 1.807) is 0 Å². The second kappa shape index (κ2) is 2.75. The minimum Gasteiger partial charge on any atom is -0.376 e. The van der Waals surface area contributed by atoms with E-state index >= 15 is 0 Å². The van der Waals surface area contributed by atoms with Crippen LogP contribution in [0.2, 0.25) is 5.02 Å². The molecule has 14 heavy (non-hydrogen) atoms. The van der Waals surface area contributed by atoms with Crippen LogP contribution in [-0.2, 0) is 6.54 Å². The number of anilines is 1. The van der Waals surface area contributed by atoms with E-state index in [0.29, 0.717) is 0 Å². The SMILES string of the molecule is Clc1cccc2c1NCc1cncn1-2. The molecule has 0 spiro atoms. The molecular formula is C10H8ClN3. The van der Waals surface area contributed by atoms with E-state index in [-0.39, 0.29) is 0 Å². The number of imidazole rings is 1. The molecule has 1 aromatic carbocycles. The number of rotatable bonds is 0. The van der Waals surface area contributed by atoms with Gasteiger partial charge in [-0.15, -0.1) is 0 Å². The number of fused-ring (bicyclic) bond motifs is 3. The van der Waals surface area contributed by atoms with Gasteiger partial charge in [0.05, 0.1) is 41.2 Å². The Hall–Kier alpha value is -1.48. The Kier molecular flexibility index (Phi) is 1.55. The van der Waals surface area contributed by atoms with Crippen LogP contribution in [0, 0.1) is 0 Å². The molecule has 0 atom stereocenters. The normalized spacial score (nSPS) is 12.9. The predicted molar refractivity (Wildman–Crippen MR) is 55.9 cm³/mol. The van der Waals surface area contributed by atoms with Gasteiger partial charge in [-0.3, -0.25) is 4.57 Å². The standard InChI is InChI=1S/C10H8ClN3/c11-8-2-1-3-9-10(8)13-5-7-4-12-6-14(7)9/h1-4,6,13H,5H2. The van der Waals surface area contributed by atoms with Gasteiger partial charge in [-0.25, -0.2) is 4.98 Å². The van der Waals surface area contributed by atoms with Gasteiger partial charge in [0.2, 0.25) is 0 Å². The number of nitrogens with one attached hydrogen (secondary N) is 1. The molecule has 3 rings (SSSR count). The molecule has 1 aromatic heterocycles. The van der Waals surface area contributed by atoms with Crippen LogP contribution >= 0.6 is 11.6 Å². The lowest BCUT2D eigenvalue weighted by Crippen LogP contribution is -2.14. The Bertz CT molecular complexity index is 490. The second-order valence-electron chi connectivity index (χ2n) is 3.24. The Balaban J connectivity index is 2.31. The molecule has 0 bridgehead atoms. The molecule has 0 unspecified atom stereocenters. The Morgan fingerprint density at radius 1 is 1.43 bits per heavy atom. The van der Waals surface area contributed by atoms with Crippen LogP contribution in [0.4, 0.5) is 5.69 Å². The molecule has 4 heteroatoms. The van der Waals surface area contributed by atoms with Crippen LogP contribution in [0.25, 0.3) is 5.69 Å². The fourth-order valence-corrected chi connectivity index (χ4v) is 1.97. The maximum absolute atomic E-state index is 6.08. The number of aromatic nitrogens is 2. The second-order valence-corrected chi connectivity index (χ2v) is 3.65. The molecule has 0 saturated carbocycles. The fraction of sp³-hybridized carbons (Fsp3) is 0.100. The van der Waals surface area contributed by atoms with Crippen LogP contribution in [0.1, 0.15) is 5.69 Å². The van der Waals surface area contributed by atoms with Gasteiger partial charge in [-0.1, -0.05) is 17.7 Å². The number of hydrogen-bond donors (Lipinski definition) is 1. The summed E-state index contributed by atoms with van der Waals surface area (Å²) in [4.78, 5) is 4.11. The van der Waals surface area contributed by atoms with E-state index in [1.807, 2.05) is 30.7 Å². The van der Waals surface area contributed by atoms with E-state index in [1.165, 1.54) is 0 Å². The van der Waals surface area contributed by atoms with Gasteiger partial charge in [-0.05, 0) is 12.1 Å². The predicted octanol–water partition coefficient (Wildman–Crippen LogP) is 2.45. The van der Waals surface area contributed by atoms with Crippen molar-refractivity contribution in [1.29, 1.82) is 0 Å². The molecule has 1 aliphatic heterocycles. The number of hydrogen-bond acceptors (Lipinski definition) is 2. The molecule has 1 aliphatic rings. The lowest BCUT2D eigenvalue weighted by Gasteiger charge is -2.21. The van der Waals surface area contributed by atoms with Gasteiger partial charge < -0.3 is 5.32 Å². The largest absolute Gasteiger partial charge is 0.376 e. The highest BCUT2D eigenvalue weighted by atomic mass is 35.5. The van der Waals surface area contributed by atoms with Crippen molar-refractivity contribution in [2.75, 3.05) is 5.32 Å². The van der Waals surface area contributed by atoms with Crippen LogP contribution in [0.3, 0.4) is 0 Å². The van der Waals surface area contributed by atoms with Gasteiger partial charge in [0.1, 0.15) is 0 Å². The Morgan fingerprint density at radius 3 is 3.29 bits per heavy atom. The topological polar surface area (TPSA) is 29.9 Å². The van der Waals surface area contributed by atoms with Crippen molar-refractivity contribution in [3.8, 4) is 5.69 Å². The van der Waals surface area contributed by atoms with Crippen LogP contribution in [0.5, 0.6) is 0 Å². The number of nitrogens with zero attached hydrogens (tertiary/aromatic N) is 2. The molecule has 1 N–H and O–H groups in total. The molecule has 0 aliphatic carbocycles. The summed E-state index contributed by atoms with van der Waals surface area (Å²) in [5, 5.41) is 4.03. The molecular weight excluding hydrogens is 198 g/mol. The average molecular weight is 206 g/mol. The third kappa shape index (κ3) is 0.960. The minimum atomic E-state index is 0.752. The highest BCUT2D eigenvalue weighted by molar-refractivity contribution is 6.33. The first-order valence-electron chi connectivity index (χ1n) is 4.40. The summed E-state index contributed by atoms with van der Waals surface area (Å²) in [5.74, 6) is 0. The van der Waals surface area contributed by atoms with Gasteiger partial charge in [0.15, 0.2) is 0 Å². The molecule has 0 amide bonds. The van der Waals surface area contributed by atoms with E-state index in [0.717, 1.165) is 28.6 Å². The number of para-hydroxylation sites is 1. The summed E-state index contributed by atoms with van der Waals surface area (Å²) in [6.45, 7) is 0.775. The summed E-state index contributed by atoms with van der Waals surface area (Å²) >= 11 is 6.08. The van der Waals surface area contributed by atoms with Crippen molar-refractivity contribution in [2.45, 2.75) is 6.54 Å². The molecule has 2 heterocycles. The van der Waals surface area contributed by atoms with Crippen molar-refractivity contribution in [3.05, 3.63) is 41.4 Å². The van der Waals surface area contributed by atoms with Crippen molar-refractivity contribution < 1.29 is 0 Å². The van der Waals surface area contributed by atoms with Crippen molar-refractivity contribution in [3.63, 3.8) is 0 Å². The summed E-state index contributed by atoms with van der Waals surface area (Å²) in [6, 6.07) is 5.85. The first-order valence-corrected chi connectivity index (χ1v) is 4.78. The average Bonchev–Trinajstić information content (AvgIpc) is 2.66. The zero-order chi connectivity index (χ0) is 9.54. The summed E-state index contributed by atoms with van der Waals surface area (Å²) in [6.07, 6.45) is 3.67. The van der Waals surface area contributed by atoms with E-state index < -0.39 is 0 Å². The lowest BCUT2D eigenvalue weighted by molar-refractivity contribution is 0.906. The first-order chi connectivity index (χ1) is 6.86. The molecule has 3 nitrogen and oxygen atoms in total. The molecule has 0 radical (unpaired) electrons. The van der Waals surface area contributed by atoms with E-state index in [9.17, 15) is 0 Å². The van der Waals surface area contributed by atoms with Crippen LogP contribution < -0.4 is 5.32 Å². The van der Waals surface area contributed by atoms with Gasteiger partial charge in [-0.2, -0.15) is 0 Å². The third-order valence-corrected chi connectivity index (χ3v) is 2.73. The van der Waals surface area contributed by atoms with Gasteiger partial charge in [0.25, 0.3) is 0 Å². The monoisotopic (exact) mass is 205 g/mol. The van der Waals surface area contributed by atoms with Crippen molar-refractivity contribution in [1.82, 2.24) is 9.55 Å². The zero-order valence-electron chi connectivity index (χ0n) is 7.37. The number of halogens is 1. The highest BCUT2D eigenvalue weighted by Crippen LogP contribution is 2.32. The molecule has 2 aromatic rings. The van der Waals surface area contributed by atoms with Gasteiger partial charge in [0, 0.05) is 0 Å². The quantitative estimate of drug-likeness (QED) is 0.716. The smallest absolute Gasteiger partial charge is 0.0995 e. The Morgan fingerprint density at radius 2 is 2.36 bits per heavy atom. The van der Waals surface area contributed by atoms with Crippen LogP contribution in [0.15, 0.2) is 30.7 Å². The van der Waals surface area contributed by atoms with E-state index in [2.05, 4.69) is 14.9 Å². The Labute approximate surface area is 86.3 Å². The lowest BCUT2D eigenvalue weighted by atomic mass is 10.2. The summed E-state index contributed by atoms with van der Waals surface area (Å²) in [7, 11) is 0. The molecule has 0 saturated heterocycles. The minimum absolute atomic E-state index is 0.752. The van der Waals surface area contributed by atoms with Crippen molar-refractivity contribution in [2.24, 2.45) is 0 Å². The van der Waals surface area contributed by atoms with Crippen molar-refractivity contribution >= 4 is 17.3 Å². The summed E-state index contributed by atoms with van der Waals surface area (Å²) < 4.78 is 2.05. The highest BCUT2D eigenvalue weighted by Gasteiger charge is 2.16. The van der Waals surface area contributed by atoms with Crippen LogP contribution in [-0.4, -0.2) is 9.55 Å². The first kappa shape index (κ1) is 7.88. The maximum Gasteiger partial charge on any atom is 0.0995 e. The van der Waals surface area contributed by atoms with E-state index in [4.69, 9.17) is 11.6 Å². The molecule has 70 valence electrons. The fourth-order valence-electron chi connectivity index (χ4n) is 1.74. The third-order valence-electron chi connectivity index (χ3n) is 2.41. The van der Waals surface area contributed by atoms with Gasteiger partial charge >= 0.3 is 0 Å². The molecule has 0 fully saturated rings. The maximum atomic E-state index is 6.08.